The van der Waals surface area contributed by atoms with E-state index in [4.69, 9.17) is 37.9 Å². The van der Waals surface area contributed by atoms with E-state index >= 15 is 0 Å². The van der Waals surface area contributed by atoms with E-state index < -0.39 is 112 Å². The molecule has 17 heteroatoms. The van der Waals surface area contributed by atoms with Crippen LogP contribution < -0.4 is 5.32 Å². The zero-order chi connectivity index (χ0) is 46.4. The van der Waals surface area contributed by atoms with E-state index in [1.807, 2.05) is 20.8 Å². The number of amides is 1. The van der Waals surface area contributed by atoms with E-state index in [9.17, 15) is 34.5 Å². The molecule has 0 aromatic heterocycles. The van der Waals surface area contributed by atoms with Gasteiger partial charge in [0, 0.05) is 48.7 Å². The molecule has 7 aliphatic rings. The molecule has 17 nitrogen and oxygen atoms in total. The van der Waals surface area contributed by atoms with Crippen molar-refractivity contribution in [2.75, 3.05) is 39.5 Å². The predicted molar refractivity (Wildman–Crippen MR) is 225 cm³/mol. The van der Waals surface area contributed by atoms with Crippen molar-refractivity contribution in [1.29, 1.82) is 0 Å². The highest BCUT2D eigenvalue weighted by atomic mass is 16.7. The maximum absolute atomic E-state index is 14.5. The smallest absolute Gasteiger partial charge is 0.407 e. The number of fused-ring (bicyclic) bond motifs is 8. The molecule has 0 unspecified atom stereocenters. The summed E-state index contributed by atoms with van der Waals surface area (Å²) in [6, 6.07) is 7.15. The van der Waals surface area contributed by atoms with Gasteiger partial charge in [-0.25, -0.2) is 14.4 Å². The zero-order valence-corrected chi connectivity index (χ0v) is 38.4. The predicted octanol–water partition coefficient (Wildman–Crippen LogP) is 3.20. The Labute approximate surface area is 374 Å². The minimum atomic E-state index is -2.08. The number of esters is 3. The van der Waals surface area contributed by atoms with Crippen molar-refractivity contribution in [3.05, 3.63) is 47.0 Å². The highest BCUT2D eigenvalue weighted by Gasteiger charge is 2.77. The molecule has 13 atom stereocenters. The van der Waals surface area contributed by atoms with E-state index in [-0.39, 0.29) is 44.5 Å². The molecule has 0 spiro atoms. The maximum Gasteiger partial charge on any atom is 0.407 e. The van der Waals surface area contributed by atoms with Crippen LogP contribution in [-0.2, 0) is 47.5 Å². The quantitative estimate of drug-likeness (QED) is 0.142. The number of nitrogens with one attached hydrogen (secondary N) is 1. The molecule has 4 heterocycles. The summed E-state index contributed by atoms with van der Waals surface area (Å²) in [7, 11) is 0. The lowest BCUT2D eigenvalue weighted by molar-refractivity contribution is -0.345. The van der Waals surface area contributed by atoms with Crippen molar-refractivity contribution < 1.29 is 72.4 Å². The molecule has 4 aliphatic heterocycles. The topological polar surface area (TPSA) is 218 Å². The second-order valence-corrected chi connectivity index (χ2v) is 21.2. The first-order valence-corrected chi connectivity index (χ1v) is 22.6. The molecule has 4 N–H and O–H groups in total. The van der Waals surface area contributed by atoms with Gasteiger partial charge in [-0.3, -0.25) is 9.69 Å². The van der Waals surface area contributed by atoms with Crippen LogP contribution in [0.15, 0.2) is 41.5 Å². The number of alkyl carbamates (subject to hydrolysis) is 1. The molecule has 3 aliphatic carbocycles. The molecule has 2 bridgehead atoms. The number of hydrogen-bond donors (Lipinski definition) is 4. The van der Waals surface area contributed by atoms with Gasteiger partial charge >= 0.3 is 24.0 Å². The summed E-state index contributed by atoms with van der Waals surface area (Å²) >= 11 is 0. The van der Waals surface area contributed by atoms with E-state index in [0.717, 1.165) is 13.0 Å². The summed E-state index contributed by atoms with van der Waals surface area (Å²) in [6.45, 7) is 16.9. The average molecular weight is 899 g/mol. The van der Waals surface area contributed by atoms with Crippen LogP contribution >= 0.6 is 0 Å². The third kappa shape index (κ3) is 7.74. The minimum Gasteiger partial charge on any atom is -0.456 e. The van der Waals surface area contributed by atoms with Crippen LogP contribution in [0.4, 0.5) is 4.79 Å². The lowest BCUT2D eigenvalue weighted by atomic mass is 9.45. The second kappa shape index (κ2) is 16.6. The lowest BCUT2D eigenvalue weighted by Gasteiger charge is -2.68. The molecule has 64 heavy (non-hydrogen) atoms. The van der Waals surface area contributed by atoms with E-state index in [1.165, 1.54) is 6.92 Å². The molecule has 4 saturated heterocycles. The normalized spacial score (nSPS) is 38.1. The van der Waals surface area contributed by atoms with E-state index in [0.29, 0.717) is 30.5 Å². The number of hydrogen-bond acceptors (Lipinski definition) is 16. The van der Waals surface area contributed by atoms with Crippen LogP contribution in [0, 0.1) is 22.2 Å². The van der Waals surface area contributed by atoms with Crippen LogP contribution in [0.2, 0.25) is 0 Å². The average Bonchev–Trinajstić information content (AvgIpc) is 3.61. The second-order valence-electron chi connectivity index (χ2n) is 21.2. The van der Waals surface area contributed by atoms with Gasteiger partial charge in [0.1, 0.15) is 35.6 Å². The number of benzene rings is 1. The van der Waals surface area contributed by atoms with Crippen LogP contribution in [0.5, 0.6) is 0 Å². The number of aliphatic hydroxyl groups is 3. The van der Waals surface area contributed by atoms with Gasteiger partial charge in [0.05, 0.1) is 50.1 Å². The first-order chi connectivity index (χ1) is 30.0. The summed E-state index contributed by atoms with van der Waals surface area (Å²) in [5, 5.41) is 38.6. The lowest BCUT2D eigenvalue weighted by Crippen LogP contribution is -2.79. The standard InChI is InChI=1S/C47H66N2O15/c1-25-29(59-40(54)33(52)36(44(8)22-57-23-44)48-41(55)64-42(3,4)5)19-47(56)38(62-39(53)27-13-11-10-12-14-27)35-45(9,17-15-30-46(35,24-58-30)63-26(2)51)37-34(32(25)43(47,6)7)60-31(61-37)20-49-18-16-28(49)21-50/h10-14,28-31,33-38,50,52,56H,15-24H2,1-9H3,(H,48,55)/t28-,29-,30+,31+,33+,34+,35-,36+,37+,38-,45+,46-,47+/m0/s1. The summed E-state index contributed by atoms with van der Waals surface area (Å²) < 4.78 is 50.5. The van der Waals surface area contributed by atoms with Crippen LogP contribution in [-0.4, -0.2) is 156 Å². The summed E-state index contributed by atoms with van der Waals surface area (Å²) in [5.41, 5.74) is -6.15. The minimum absolute atomic E-state index is 0.0241. The van der Waals surface area contributed by atoms with Crippen molar-refractivity contribution in [1.82, 2.24) is 10.2 Å². The van der Waals surface area contributed by atoms with Gasteiger partial charge in [-0.1, -0.05) is 45.9 Å². The summed E-state index contributed by atoms with van der Waals surface area (Å²) in [4.78, 5) is 57.3. The Balaban J connectivity index is 1.25. The number of nitrogens with zero attached hydrogens (tertiary/aromatic N) is 1. The summed E-state index contributed by atoms with van der Waals surface area (Å²) in [5.74, 6) is -3.34. The number of rotatable bonds is 11. The Hall–Kier alpha value is -3.68. The van der Waals surface area contributed by atoms with Crippen molar-refractivity contribution in [2.24, 2.45) is 22.2 Å². The van der Waals surface area contributed by atoms with Crippen molar-refractivity contribution >= 4 is 24.0 Å². The number of carbonyl (C=O) groups excluding carboxylic acids is 4. The van der Waals surface area contributed by atoms with Gasteiger partial charge in [0.15, 0.2) is 18.0 Å². The van der Waals surface area contributed by atoms with Crippen LogP contribution in [0.25, 0.3) is 0 Å². The number of aliphatic hydroxyl groups excluding tert-OH is 2. The highest BCUT2D eigenvalue weighted by molar-refractivity contribution is 5.89. The molecular weight excluding hydrogens is 833 g/mol. The van der Waals surface area contributed by atoms with Crippen molar-refractivity contribution in [3.8, 4) is 0 Å². The highest BCUT2D eigenvalue weighted by Crippen LogP contribution is 2.67. The Morgan fingerprint density at radius 3 is 2.27 bits per heavy atom. The van der Waals surface area contributed by atoms with Gasteiger partial charge in [0.25, 0.3) is 0 Å². The number of ether oxygens (including phenoxy) is 8. The molecule has 354 valence electrons. The Kier molecular flexibility index (Phi) is 12.1. The molecule has 1 aromatic rings. The van der Waals surface area contributed by atoms with E-state index in [2.05, 4.69) is 10.2 Å². The molecule has 8 rings (SSSR count). The molecule has 6 fully saturated rings. The SMILES string of the molecule is CC(=O)O[C@@]12CO[C@@H]1CC[C@@]1(C)[C@@H]3O[C@H](CN4CC[C@H]4CO)O[C@@H]3C3=C(C)[C@@H](OC(=O)[C@H](O)[C@@H](NC(=O)OC(C)(C)C)C4(C)COC4)C[C@@](O)([C@@H](OC(=O)c4ccccc4)[C@@H]12)C3(C)C. The first-order valence-electron chi connectivity index (χ1n) is 22.6. The molecule has 1 amide bonds. The number of carbonyl (C=O) groups is 4. The van der Waals surface area contributed by atoms with Crippen molar-refractivity contribution in [3.63, 3.8) is 0 Å². The molecule has 1 aromatic carbocycles. The fourth-order valence-electron chi connectivity index (χ4n) is 11.9. The third-order valence-electron chi connectivity index (χ3n) is 15.5. The van der Waals surface area contributed by atoms with Crippen LogP contribution in [0.1, 0.15) is 98.4 Å². The Bertz CT molecular complexity index is 2010. The fourth-order valence-corrected chi connectivity index (χ4v) is 11.9. The zero-order valence-electron chi connectivity index (χ0n) is 38.4. The van der Waals surface area contributed by atoms with Crippen molar-refractivity contribution in [2.45, 2.75) is 160 Å². The summed E-state index contributed by atoms with van der Waals surface area (Å²) in [6.07, 6.45) is -7.02. The first kappa shape index (κ1) is 46.8. The van der Waals surface area contributed by atoms with Gasteiger partial charge in [-0.2, -0.15) is 0 Å². The maximum atomic E-state index is 14.5. The third-order valence-corrected chi connectivity index (χ3v) is 15.5. The molecule has 0 radical (unpaired) electrons. The monoisotopic (exact) mass is 898 g/mol. The van der Waals surface area contributed by atoms with E-state index in [1.54, 1.807) is 65.0 Å². The van der Waals surface area contributed by atoms with Gasteiger partial charge in [-0.05, 0) is 70.2 Å². The van der Waals surface area contributed by atoms with Gasteiger partial charge in [0.2, 0.25) is 0 Å². The largest absolute Gasteiger partial charge is 0.456 e. The van der Waals surface area contributed by atoms with Gasteiger partial charge < -0.3 is 58.5 Å². The fraction of sp³-hybridized carbons (Fsp3) is 0.745. The van der Waals surface area contributed by atoms with Gasteiger partial charge in [-0.15, -0.1) is 0 Å². The molecular formula is C47H66N2O15. The van der Waals surface area contributed by atoms with Crippen LogP contribution in [0.3, 0.4) is 0 Å². The Morgan fingerprint density at radius 1 is 1.00 bits per heavy atom. The Morgan fingerprint density at radius 2 is 1.70 bits per heavy atom. The number of likely N-dealkylation sites (tertiary alicyclic amines) is 1. The molecule has 2 saturated carbocycles.